The van der Waals surface area contributed by atoms with Crippen LogP contribution in [0.2, 0.25) is 0 Å². The van der Waals surface area contributed by atoms with Crippen LogP contribution in [0.25, 0.3) is 11.5 Å². The molecule has 0 radical (unpaired) electrons. The molecular formula is C20H22F3N5OS. The van der Waals surface area contributed by atoms with Gasteiger partial charge in [0.25, 0.3) is 0 Å². The molecule has 3 aromatic rings. The van der Waals surface area contributed by atoms with Crippen molar-refractivity contribution in [3.05, 3.63) is 57.9 Å². The van der Waals surface area contributed by atoms with Gasteiger partial charge in [0, 0.05) is 30.5 Å². The van der Waals surface area contributed by atoms with Crippen molar-refractivity contribution in [1.82, 2.24) is 20.6 Å². The van der Waals surface area contributed by atoms with E-state index in [1.165, 1.54) is 0 Å². The number of aryl methyl sites for hydroxylation is 1. The molecule has 1 aromatic carbocycles. The number of nitrogens with zero attached hydrogens (tertiary/aromatic N) is 3. The Kier molecular flexibility index (Phi) is 7.09. The molecule has 0 aliphatic heterocycles. The van der Waals surface area contributed by atoms with Crippen molar-refractivity contribution in [2.45, 2.75) is 33.0 Å². The second-order valence-electron chi connectivity index (χ2n) is 6.51. The van der Waals surface area contributed by atoms with E-state index < -0.39 is 11.9 Å². The van der Waals surface area contributed by atoms with Gasteiger partial charge in [-0.15, -0.1) is 11.3 Å². The fourth-order valence-electron chi connectivity index (χ4n) is 2.56. The van der Waals surface area contributed by atoms with E-state index >= 15 is 0 Å². The minimum atomic E-state index is -4.43. The monoisotopic (exact) mass is 437 g/mol. The van der Waals surface area contributed by atoms with Crippen LogP contribution in [0.4, 0.5) is 13.2 Å². The number of thiazole rings is 1. The molecule has 2 heterocycles. The number of benzene rings is 1. The summed E-state index contributed by atoms with van der Waals surface area (Å²) in [5, 5.41) is 7.51. The smallest absolute Gasteiger partial charge is 0.434 e. The van der Waals surface area contributed by atoms with Gasteiger partial charge < -0.3 is 15.1 Å². The highest BCUT2D eigenvalue weighted by atomic mass is 32.1. The van der Waals surface area contributed by atoms with Crippen LogP contribution >= 0.6 is 11.3 Å². The zero-order valence-electron chi connectivity index (χ0n) is 16.6. The summed E-state index contributed by atoms with van der Waals surface area (Å²) in [5.41, 5.74) is 1.99. The SMILES string of the molecule is CCNC(=NCc1nc(C(F)(F)F)cs1)NCCc1coc(-c2ccc(C)cc2)n1. The fourth-order valence-corrected chi connectivity index (χ4v) is 3.29. The van der Waals surface area contributed by atoms with Crippen LogP contribution < -0.4 is 10.6 Å². The van der Waals surface area contributed by atoms with Crippen LogP contribution in [0.5, 0.6) is 0 Å². The summed E-state index contributed by atoms with van der Waals surface area (Å²) in [4.78, 5) is 12.4. The number of aromatic nitrogens is 2. The molecule has 160 valence electrons. The van der Waals surface area contributed by atoms with E-state index in [1.54, 1.807) is 6.26 Å². The van der Waals surface area contributed by atoms with E-state index in [4.69, 9.17) is 4.42 Å². The Morgan fingerprint density at radius 2 is 1.93 bits per heavy atom. The van der Waals surface area contributed by atoms with Crippen LogP contribution in [0.15, 0.2) is 45.3 Å². The lowest BCUT2D eigenvalue weighted by atomic mass is 10.1. The number of hydrogen-bond acceptors (Lipinski definition) is 5. The van der Waals surface area contributed by atoms with Crippen LogP contribution in [-0.4, -0.2) is 29.0 Å². The molecule has 0 saturated carbocycles. The highest BCUT2D eigenvalue weighted by Gasteiger charge is 2.33. The van der Waals surface area contributed by atoms with E-state index in [-0.39, 0.29) is 6.54 Å². The third-order valence-corrected chi connectivity index (χ3v) is 4.92. The van der Waals surface area contributed by atoms with Crippen molar-refractivity contribution in [3.63, 3.8) is 0 Å². The van der Waals surface area contributed by atoms with Gasteiger partial charge in [0.1, 0.15) is 11.3 Å². The second-order valence-corrected chi connectivity index (χ2v) is 7.45. The molecule has 0 atom stereocenters. The summed E-state index contributed by atoms with van der Waals surface area (Å²) in [6, 6.07) is 7.92. The minimum Gasteiger partial charge on any atom is -0.444 e. The Bertz CT molecular complexity index is 979. The molecule has 0 fully saturated rings. The molecule has 3 rings (SSSR count). The van der Waals surface area contributed by atoms with Crippen LogP contribution in [0, 0.1) is 6.92 Å². The molecule has 0 bridgehead atoms. The summed E-state index contributed by atoms with van der Waals surface area (Å²) in [6.07, 6.45) is -2.21. The van der Waals surface area contributed by atoms with Crippen molar-refractivity contribution in [1.29, 1.82) is 0 Å². The molecule has 0 unspecified atom stereocenters. The molecule has 0 aliphatic rings. The maximum Gasteiger partial charge on any atom is 0.434 e. The average Bonchev–Trinajstić information content (AvgIpc) is 3.36. The lowest BCUT2D eigenvalue weighted by molar-refractivity contribution is -0.140. The molecule has 10 heteroatoms. The van der Waals surface area contributed by atoms with Crippen molar-refractivity contribution < 1.29 is 17.6 Å². The lowest BCUT2D eigenvalue weighted by Gasteiger charge is -2.10. The number of alkyl halides is 3. The van der Waals surface area contributed by atoms with E-state index in [9.17, 15) is 13.2 Å². The molecule has 0 amide bonds. The summed E-state index contributed by atoms with van der Waals surface area (Å²) in [6.45, 7) is 5.16. The van der Waals surface area contributed by atoms with Gasteiger partial charge in [0.2, 0.25) is 5.89 Å². The van der Waals surface area contributed by atoms with E-state index in [1.807, 2.05) is 38.1 Å². The molecule has 0 saturated heterocycles. The van der Waals surface area contributed by atoms with E-state index in [0.717, 1.165) is 33.5 Å². The molecule has 2 N–H and O–H groups in total. The Morgan fingerprint density at radius 1 is 1.17 bits per heavy atom. The van der Waals surface area contributed by atoms with E-state index in [0.29, 0.717) is 36.4 Å². The van der Waals surface area contributed by atoms with Gasteiger partial charge in [-0.25, -0.2) is 15.0 Å². The van der Waals surface area contributed by atoms with Crippen molar-refractivity contribution in [2.24, 2.45) is 4.99 Å². The zero-order valence-corrected chi connectivity index (χ0v) is 17.4. The highest BCUT2D eigenvalue weighted by molar-refractivity contribution is 7.09. The quantitative estimate of drug-likeness (QED) is 0.423. The van der Waals surface area contributed by atoms with Crippen molar-refractivity contribution >= 4 is 17.3 Å². The van der Waals surface area contributed by atoms with Gasteiger partial charge in [-0.1, -0.05) is 17.7 Å². The van der Waals surface area contributed by atoms with Crippen LogP contribution in [0.1, 0.15) is 28.9 Å². The van der Waals surface area contributed by atoms with Gasteiger partial charge >= 0.3 is 6.18 Å². The lowest BCUT2D eigenvalue weighted by Crippen LogP contribution is -2.38. The Labute approximate surface area is 176 Å². The van der Waals surface area contributed by atoms with Gasteiger partial charge in [0.05, 0.1) is 12.2 Å². The van der Waals surface area contributed by atoms with Crippen LogP contribution in [-0.2, 0) is 19.1 Å². The first-order chi connectivity index (χ1) is 14.3. The second kappa shape index (κ2) is 9.75. The molecule has 30 heavy (non-hydrogen) atoms. The van der Waals surface area contributed by atoms with Crippen molar-refractivity contribution in [3.8, 4) is 11.5 Å². The first kappa shape index (κ1) is 21.8. The number of nitrogens with one attached hydrogen (secondary N) is 2. The first-order valence-electron chi connectivity index (χ1n) is 9.40. The van der Waals surface area contributed by atoms with Gasteiger partial charge in [-0.05, 0) is 26.0 Å². The molecular weight excluding hydrogens is 415 g/mol. The molecule has 0 aliphatic carbocycles. The highest BCUT2D eigenvalue weighted by Crippen LogP contribution is 2.30. The fraction of sp³-hybridized carbons (Fsp3) is 0.350. The number of oxazole rings is 1. The standard InChI is InChI=1S/C20H22F3N5OS/c1-3-24-19(26-10-17-28-16(12-30-17)20(21,22)23)25-9-8-15-11-29-18(27-15)14-6-4-13(2)5-7-14/h4-7,11-12H,3,8-10H2,1-2H3,(H2,24,25,26). The molecule has 6 nitrogen and oxygen atoms in total. The Hall–Kier alpha value is -2.88. The maximum absolute atomic E-state index is 12.6. The summed E-state index contributed by atoms with van der Waals surface area (Å²) in [5.74, 6) is 1.07. The number of guanidine groups is 1. The minimum absolute atomic E-state index is 0.0671. The van der Waals surface area contributed by atoms with Gasteiger partial charge in [0.15, 0.2) is 11.7 Å². The number of halogens is 3. The zero-order chi connectivity index (χ0) is 21.6. The maximum atomic E-state index is 12.6. The number of hydrogen-bond donors (Lipinski definition) is 2. The number of aliphatic imine (C=N–C) groups is 1. The summed E-state index contributed by atoms with van der Waals surface area (Å²) in [7, 11) is 0. The Balaban J connectivity index is 1.54. The Morgan fingerprint density at radius 3 is 2.60 bits per heavy atom. The average molecular weight is 437 g/mol. The predicted octanol–water partition coefficient (Wildman–Crippen LogP) is 4.42. The normalized spacial score (nSPS) is 12.2. The van der Waals surface area contributed by atoms with Crippen molar-refractivity contribution in [2.75, 3.05) is 13.1 Å². The molecule has 2 aromatic heterocycles. The first-order valence-corrected chi connectivity index (χ1v) is 10.3. The van der Waals surface area contributed by atoms with Gasteiger partial charge in [-0.2, -0.15) is 13.2 Å². The third-order valence-electron chi connectivity index (χ3n) is 4.08. The third kappa shape index (κ3) is 6.06. The largest absolute Gasteiger partial charge is 0.444 e. The summed E-state index contributed by atoms with van der Waals surface area (Å²) >= 11 is 0.943. The summed E-state index contributed by atoms with van der Waals surface area (Å²) < 4.78 is 43.5. The van der Waals surface area contributed by atoms with Crippen LogP contribution in [0.3, 0.4) is 0 Å². The number of rotatable bonds is 7. The van der Waals surface area contributed by atoms with Gasteiger partial charge in [-0.3, -0.25) is 0 Å². The predicted molar refractivity (Wildman–Crippen MR) is 110 cm³/mol. The molecule has 0 spiro atoms. The topological polar surface area (TPSA) is 75.3 Å². The van der Waals surface area contributed by atoms with E-state index in [2.05, 4.69) is 25.6 Å².